The van der Waals surface area contributed by atoms with E-state index in [1.807, 2.05) is 18.3 Å². The van der Waals surface area contributed by atoms with Crippen LogP contribution in [0.2, 0.25) is 0 Å². The molecule has 4 rings (SSSR count). The summed E-state index contributed by atoms with van der Waals surface area (Å²) >= 11 is 3.63. The summed E-state index contributed by atoms with van der Waals surface area (Å²) in [5, 5.41) is 1.10. The van der Waals surface area contributed by atoms with Crippen molar-refractivity contribution in [2.75, 3.05) is 46.5 Å². The van der Waals surface area contributed by atoms with Gasteiger partial charge in [-0.15, -0.1) is 0 Å². The Bertz CT molecular complexity index is 740. The lowest BCUT2D eigenvalue weighted by Gasteiger charge is -2.43. The number of methoxy groups -OCH3 is 1. The zero-order valence-corrected chi connectivity index (χ0v) is 15.5. The molecule has 5 nitrogen and oxygen atoms in total. The SMILES string of the molecule is COc1cc(CN2CCN3CCOC[C@@H]3C2)c2nccc(Br)c2c1. The molecule has 2 aliphatic rings. The number of hydrogen-bond acceptors (Lipinski definition) is 5. The van der Waals surface area contributed by atoms with Gasteiger partial charge < -0.3 is 9.47 Å². The van der Waals surface area contributed by atoms with E-state index in [2.05, 4.69) is 36.8 Å². The molecule has 0 unspecified atom stereocenters. The zero-order chi connectivity index (χ0) is 16.5. The molecule has 128 valence electrons. The molecule has 0 amide bonds. The summed E-state index contributed by atoms with van der Waals surface area (Å²) < 4.78 is 12.2. The van der Waals surface area contributed by atoms with Gasteiger partial charge >= 0.3 is 0 Å². The Morgan fingerprint density at radius 1 is 1.33 bits per heavy atom. The molecule has 24 heavy (non-hydrogen) atoms. The largest absolute Gasteiger partial charge is 0.497 e. The number of halogens is 1. The van der Waals surface area contributed by atoms with Crippen LogP contribution in [0.1, 0.15) is 5.56 Å². The van der Waals surface area contributed by atoms with E-state index in [1.54, 1.807) is 7.11 Å². The van der Waals surface area contributed by atoms with E-state index in [0.29, 0.717) is 6.04 Å². The van der Waals surface area contributed by atoms with Crippen LogP contribution in [0.5, 0.6) is 5.75 Å². The molecule has 1 atom stereocenters. The van der Waals surface area contributed by atoms with Gasteiger partial charge in [0.05, 0.1) is 25.8 Å². The number of ether oxygens (including phenoxy) is 2. The number of benzene rings is 1. The summed E-state index contributed by atoms with van der Waals surface area (Å²) in [7, 11) is 1.72. The maximum Gasteiger partial charge on any atom is 0.119 e. The summed E-state index contributed by atoms with van der Waals surface area (Å²) in [4.78, 5) is 9.68. The van der Waals surface area contributed by atoms with Crippen LogP contribution in [0.25, 0.3) is 10.9 Å². The minimum absolute atomic E-state index is 0.518. The molecule has 2 aliphatic heterocycles. The van der Waals surface area contributed by atoms with Gasteiger partial charge in [0.15, 0.2) is 0 Å². The van der Waals surface area contributed by atoms with Gasteiger partial charge in [-0.1, -0.05) is 15.9 Å². The van der Waals surface area contributed by atoms with Crippen LogP contribution in [0.3, 0.4) is 0 Å². The molecule has 0 aliphatic carbocycles. The Labute approximate surface area is 150 Å². The predicted octanol–water partition coefficient (Wildman–Crippen LogP) is 2.52. The molecular formula is C18H22BrN3O2. The lowest BCUT2D eigenvalue weighted by molar-refractivity contribution is -0.0461. The first kappa shape index (κ1) is 16.3. The first-order chi connectivity index (χ1) is 11.7. The van der Waals surface area contributed by atoms with Crippen molar-refractivity contribution in [3.8, 4) is 5.75 Å². The minimum Gasteiger partial charge on any atom is -0.497 e. The summed E-state index contributed by atoms with van der Waals surface area (Å²) in [6.07, 6.45) is 1.86. The number of morpholine rings is 1. The van der Waals surface area contributed by atoms with E-state index in [0.717, 1.165) is 67.1 Å². The molecule has 2 saturated heterocycles. The first-order valence-corrected chi connectivity index (χ1v) is 9.19. The van der Waals surface area contributed by atoms with Crippen molar-refractivity contribution < 1.29 is 9.47 Å². The second-order valence-corrected chi connectivity index (χ2v) is 7.33. The quantitative estimate of drug-likeness (QED) is 0.803. The third kappa shape index (κ3) is 3.16. The number of hydrogen-bond donors (Lipinski definition) is 0. The van der Waals surface area contributed by atoms with E-state index in [1.165, 1.54) is 5.56 Å². The van der Waals surface area contributed by atoms with Gasteiger partial charge in [-0.2, -0.15) is 0 Å². The standard InChI is InChI=1S/C18H22BrN3O2/c1-23-15-8-13(18-16(9-15)17(19)2-3-20-18)10-21-4-5-22-6-7-24-12-14(22)11-21/h2-3,8-9,14H,4-7,10-12H2,1H3/t14-/m0/s1. The number of aromatic nitrogens is 1. The molecule has 6 heteroatoms. The highest BCUT2D eigenvalue weighted by Gasteiger charge is 2.29. The summed E-state index contributed by atoms with van der Waals surface area (Å²) in [6, 6.07) is 6.65. The Morgan fingerprint density at radius 3 is 3.12 bits per heavy atom. The fourth-order valence-electron chi connectivity index (χ4n) is 3.70. The number of rotatable bonds is 3. The number of fused-ring (bicyclic) bond motifs is 2. The van der Waals surface area contributed by atoms with Crippen molar-refractivity contribution >= 4 is 26.8 Å². The highest BCUT2D eigenvalue weighted by atomic mass is 79.9. The lowest BCUT2D eigenvalue weighted by atomic mass is 10.1. The molecule has 0 radical (unpaired) electrons. The van der Waals surface area contributed by atoms with Crippen LogP contribution >= 0.6 is 15.9 Å². The summed E-state index contributed by atoms with van der Waals surface area (Å²) in [5.41, 5.74) is 2.27. The average Bonchev–Trinajstić information content (AvgIpc) is 2.62. The van der Waals surface area contributed by atoms with E-state index in [4.69, 9.17) is 9.47 Å². The molecule has 2 fully saturated rings. The molecule has 0 saturated carbocycles. The maximum absolute atomic E-state index is 5.65. The fourth-order valence-corrected chi connectivity index (χ4v) is 4.12. The van der Waals surface area contributed by atoms with Gasteiger partial charge in [0.1, 0.15) is 5.75 Å². The van der Waals surface area contributed by atoms with Gasteiger partial charge in [-0.3, -0.25) is 14.8 Å². The molecule has 3 heterocycles. The van der Waals surface area contributed by atoms with Crippen LogP contribution < -0.4 is 4.74 Å². The van der Waals surface area contributed by atoms with E-state index >= 15 is 0 Å². The number of nitrogens with zero attached hydrogens (tertiary/aromatic N) is 3. The second-order valence-electron chi connectivity index (χ2n) is 6.48. The Morgan fingerprint density at radius 2 is 2.25 bits per heavy atom. The molecule has 0 N–H and O–H groups in total. The first-order valence-electron chi connectivity index (χ1n) is 8.40. The monoisotopic (exact) mass is 391 g/mol. The third-order valence-electron chi connectivity index (χ3n) is 5.00. The van der Waals surface area contributed by atoms with Crippen LogP contribution in [0, 0.1) is 0 Å². The van der Waals surface area contributed by atoms with Crippen molar-refractivity contribution in [1.29, 1.82) is 0 Å². The lowest BCUT2D eigenvalue weighted by Crippen LogP contribution is -2.57. The average molecular weight is 392 g/mol. The van der Waals surface area contributed by atoms with Crippen molar-refractivity contribution in [3.63, 3.8) is 0 Å². The van der Waals surface area contributed by atoms with E-state index < -0.39 is 0 Å². The number of pyridine rings is 1. The van der Waals surface area contributed by atoms with Gasteiger partial charge in [-0.05, 0) is 23.8 Å². The highest BCUT2D eigenvalue weighted by molar-refractivity contribution is 9.10. The topological polar surface area (TPSA) is 37.8 Å². The molecule has 1 aromatic carbocycles. The molecule has 1 aromatic heterocycles. The maximum atomic E-state index is 5.65. The Balaban J connectivity index is 1.61. The highest BCUT2D eigenvalue weighted by Crippen LogP contribution is 2.30. The molecule has 0 bridgehead atoms. The van der Waals surface area contributed by atoms with Crippen LogP contribution in [0.15, 0.2) is 28.9 Å². The van der Waals surface area contributed by atoms with Crippen LogP contribution in [-0.2, 0) is 11.3 Å². The van der Waals surface area contributed by atoms with Gasteiger partial charge in [0.25, 0.3) is 0 Å². The van der Waals surface area contributed by atoms with E-state index in [9.17, 15) is 0 Å². The van der Waals surface area contributed by atoms with Crippen molar-refractivity contribution in [1.82, 2.24) is 14.8 Å². The summed E-state index contributed by atoms with van der Waals surface area (Å²) in [5.74, 6) is 0.880. The Hall–Kier alpha value is -1.21. The van der Waals surface area contributed by atoms with Crippen molar-refractivity contribution in [2.45, 2.75) is 12.6 Å². The van der Waals surface area contributed by atoms with Gasteiger partial charge in [0, 0.05) is 54.8 Å². The van der Waals surface area contributed by atoms with Crippen LogP contribution in [0.4, 0.5) is 0 Å². The van der Waals surface area contributed by atoms with Gasteiger partial charge in [-0.25, -0.2) is 0 Å². The van der Waals surface area contributed by atoms with Crippen molar-refractivity contribution in [3.05, 3.63) is 34.4 Å². The van der Waals surface area contributed by atoms with E-state index in [-0.39, 0.29) is 0 Å². The minimum atomic E-state index is 0.518. The van der Waals surface area contributed by atoms with Crippen LogP contribution in [-0.4, -0.2) is 67.3 Å². The predicted molar refractivity (Wildman–Crippen MR) is 97.5 cm³/mol. The second kappa shape index (κ2) is 6.96. The van der Waals surface area contributed by atoms with Crippen molar-refractivity contribution in [2.24, 2.45) is 0 Å². The molecule has 0 spiro atoms. The molecular weight excluding hydrogens is 370 g/mol. The number of piperazine rings is 1. The normalized spacial score (nSPS) is 22.5. The summed E-state index contributed by atoms with van der Waals surface area (Å²) in [6.45, 7) is 6.92. The van der Waals surface area contributed by atoms with Gasteiger partial charge in [0.2, 0.25) is 0 Å². The molecule has 2 aromatic rings. The third-order valence-corrected chi connectivity index (χ3v) is 5.69. The Kier molecular flexibility index (Phi) is 4.72. The fraction of sp³-hybridized carbons (Fsp3) is 0.500. The smallest absolute Gasteiger partial charge is 0.119 e. The zero-order valence-electron chi connectivity index (χ0n) is 13.9.